The molecule has 3 N–H and O–H groups in total. The van der Waals surface area contributed by atoms with Crippen LogP contribution in [0.1, 0.15) is 25.2 Å². The number of hydrogen-bond acceptors (Lipinski definition) is 7. The second kappa shape index (κ2) is 11.0. The maximum atomic E-state index is 7.96. The van der Waals surface area contributed by atoms with Gasteiger partial charge in [0.25, 0.3) is 0 Å². The zero-order chi connectivity index (χ0) is 17.2. The summed E-state index contributed by atoms with van der Waals surface area (Å²) in [6.45, 7) is 5.90. The van der Waals surface area contributed by atoms with Gasteiger partial charge < -0.3 is 10.6 Å². The minimum Gasteiger partial charge on any atom is -0.355 e. The Hall–Kier alpha value is -0.770. The quantitative estimate of drug-likeness (QED) is 0.417. The maximum Gasteiger partial charge on any atom is 0.188 e. The smallest absolute Gasteiger partial charge is 0.188 e. The third-order valence-electron chi connectivity index (χ3n) is 3.15. The van der Waals surface area contributed by atoms with E-state index in [9.17, 15) is 0 Å². The Kier molecular flexibility index (Phi) is 8.93. The number of aromatic nitrogens is 2. The van der Waals surface area contributed by atoms with Crippen LogP contribution < -0.4 is 10.6 Å². The van der Waals surface area contributed by atoms with Crippen molar-refractivity contribution >= 4 is 52.5 Å². The summed E-state index contributed by atoms with van der Waals surface area (Å²) < 4.78 is 8.62. The van der Waals surface area contributed by atoms with E-state index in [4.69, 9.17) is 5.41 Å². The lowest BCUT2D eigenvalue weighted by atomic mass is 10.4. The van der Waals surface area contributed by atoms with Crippen molar-refractivity contribution < 1.29 is 0 Å². The molecule has 2 atom stereocenters. The van der Waals surface area contributed by atoms with E-state index in [2.05, 4.69) is 45.4 Å². The molecule has 5 nitrogen and oxygen atoms in total. The first-order chi connectivity index (χ1) is 11.6. The normalized spacial score (nSPS) is 13.4. The minimum absolute atomic E-state index is 0.400. The highest BCUT2D eigenvalue weighted by atomic mass is 32.2. The van der Waals surface area contributed by atoms with Gasteiger partial charge in [0, 0.05) is 45.9 Å². The third-order valence-corrected chi connectivity index (χ3v) is 6.74. The van der Waals surface area contributed by atoms with Crippen LogP contribution in [-0.4, -0.2) is 38.3 Å². The van der Waals surface area contributed by atoms with Gasteiger partial charge in [0.15, 0.2) is 5.96 Å². The van der Waals surface area contributed by atoms with Gasteiger partial charge in [-0.3, -0.25) is 5.41 Å². The third kappa shape index (κ3) is 7.87. The molecule has 2 heterocycles. The molecular formula is C15H23N5S4. The zero-order valence-electron chi connectivity index (χ0n) is 13.8. The number of nitrogens with one attached hydrogen (secondary N) is 3. The van der Waals surface area contributed by atoms with Gasteiger partial charge in [-0.25, -0.2) is 0 Å². The van der Waals surface area contributed by atoms with Crippen LogP contribution in [-0.2, 0) is 11.5 Å². The Morgan fingerprint density at radius 2 is 1.46 bits per heavy atom. The molecule has 0 radical (unpaired) electrons. The van der Waals surface area contributed by atoms with Crippen molar-refractivity contribution in [1.29, 1.82) is 5.41 Å². The van der Waals surface area contributed by atoms with Crippen molar-refractivity contribution in [3.05, 3.63) is 34.3 Å². The van der Waals surface area contributed by atoms with Crippen LogP contribution in [0.2, 0.25) is 0 Å². The van der Waals surface area contributed by atoms with E-state index in [0.29, 0.717) is 16.5 Å². The number of guanidine groups is 1. The molecule has 0 spiro atoms. The van der Waals surface area contributed by atoms with Crippen LogP contribution in [0.5, 0.6) is 0 Å². The van der Waals surface area contributed by atoms with Gasteiger partial charge in [0.05, 0.1) is 11.4 Å². The van der Waals surface area contributed by atoms with Gasteiger partial charge in [-0.15, -0.1) is 0 Å². The highest BCUT2D eigenvalue weighted by Crippen LogP contribution is 2.17. The number of thioether (sulfide) groups is 2. The fraction of sp³-hybridized carbons (Fsp3) is 0.533. The molecule has 2 rings (SSSR count). The SMILES string of the molecule is CC(CNC(=N)NCC(C)SCc1ccsn1)SCc1ccsn1. The monoisotopic (exact) mass is 401 g/mol. The van der Waals surface area contributed by atoms with E-state index in [1.165, 1.54) is 23.1 Å². The molecule has 0 aliphatic carbocycles. The van der Waals surface area contributed by atoms with Gasteiger partial charge in [-0.2, -0.15) is 32.3 Å². The summed E-state index contributed by atoms with van der Waals surface area (Å²) in [5.41, 5.74) is 2.27. The fourth-order valence-corrected chi connectivity index (χ4v) is 4.63. The van der Waals surface area contributed by atoms with Crippen LogP contribution in [0.4, 0.5) is 0 Å². The van der Waals surface area contributed by atoms with Crippen LogP contribution in [0.3, 0.4) is 0 Å². The summed E-state index contributed by atoms with van der Waals surface area (Å²) in [6, 6.07) is 4.12. The summed E-state index contributed by atoms with van der Waals surface area (Å²) >= 11 is 6.70. The first-order valence-corrected chi connectivity index (χ1v) is 11.5. The Balaban J connectivity index is 1.52. The van der Waals surface area contributed by atoms with Gasteiger partial charge in [-0.05, 0) is 35.2 Å². The van der Waals surface area contributed by atoms with Crippen molar-refractivity contribution in [2.75, 3.05) is 13.1 Å². The summed E-state index contributed by atoms with van der Waals surface area (Å²) in [7, 11) is 0. The van der Waals surface area contributed by atoms with Gasteiger partial charge in [0.1, 0.15) is 0 Å². The Labute approximate surface area is 160 Å². The summed E-state index contributed by atoms with van der Waals surface area (Å²) in [6.07, 6.45) is 0. The molecule has 2 aromatic heterocycles. The highest BCUT2D eigenvalue weighted by Gasteiger charge is 2.08. The lowest BCUT2D eigenvalue weighted by Gasteiger charge is -2.16. The molecule has 0 saturated carbocycles. The van der Waals surface area contributed by atoms with Gasteiger partial charge in [-0.1, -0.05) is 13.8 Å². The molecule has 9 heteroatoms. The molecular weight excluding hydrogens is 378 g/mol. The largest absolute Gasteiger partial charge is 0.355 e. The molecule has 0 aromatic carbocycles. The predicted molar refractivity (Wildman–Crippen MR) is 109 cm³/mol. The molecule has 24 heavy (non-hydrogen) atoms. The van der Waals surface area contributed by atoms with Crippen molar-refractivity contribution in [3.63, 3.8) is 0 Å². The number of nitrogens with zero attached hydrogens (tertiary/aromatic N) is 2. The lowest BCUT2D eigenvalue weighted by molar-refractivity contribution is 0.773. The Morgan fingerprint density at radius 3 is 1.83 bits per heavy atom. The van der Waals surface area contributed by atoms with E-state index in [1.54, 1.807) is 0 Å². The van der Waals surface area contributed by atoms with Gasteiger partial charge in [0.2, 0.25) is 0 Å². The van der Waals surface area contributed by atoms with E-state index in [1.807, 2.05) is 34.3 Å². The van der Waals surface area contributed by atoms with E-state index >= 15 is 0 Å². The number of rotatable bonds is 10. The Bertz CT molecular complexity index is 522. The minimum atomic E-state index is 0.400. The molecule has 0 saturated heterocycles. The zero-order valence-corrected chi connectivity index (χ0v) is 17.1. The number of hydrogen-bond donors (Lipinski definition) is 3. The first-order valence-electron chi connectivity index (χ1n) is 7.71. The highest BCUT2D eigenvalue weighted by molar-refractivity contribution is 7.99. The van der Waals surface area contributed by atoms with Crippen molar-refractivity contribution in [1.82, 2.24) is 19.4 Å². The molecule has 2 aromatic rings. The summed E-state index contributed by atoms with van der Waals surface area (Å²) in [4.78, 5) is 0. The molecule has 0 bridgehead atoms. The van der Waals surface area contributed by atoms with Crippen LogP contribution in [0.25, 0.3) is 0 Å². The van der Waals surface area contributed by atoms with Gasteiger partial charge >= 0.3 is 0 Å². The molecule has 0 aliphatic heterocycles. The van der Waals surface area contributed by atoms with Crippen LogP contribution in [0, 0.1) is 5.41 Å². The maximum absolute atomic E-state index is 7.96. The summed E-state index contributed by atoms with van der Waals surface area (Å²) in [5, 5.41) is 19.1. The van der Waals surface area contributed by atoms with Crippen LogP contribution in [0.15, 0.2) is 22.9 Å². The van der Waals surface area contributed by atoms with E-state index in [-0.39, 0.29) is 0 Å². The molecule has 0 amide bonds. The summed E-state index contributed by atoms with van der Waals surface area (Å²) in [5.74, 6) is 2.26. The second-order valence-electron chi connectivity index (χ2n) is 5.36. The predicted octanol–water partition coefficient (Wildman–Crippen LogP) is 3.66. The Morgan fingerprint density at radius 1 is 1.00 bits per heavy atom. The molecule has 0 fully saturated rings. The van der Waals surface area contributed by atoms with E-state index < -0.39 is 0 Å². The average molecular weight is 402 g/mol. The second-order valence-corrected chi connectivity index (χ2v) is 9.55. The van der Waals surface area contributed by atoms with Crippen molar-refractivity contribution in [2.45, 2.75) is 35.9 Å². The topological polar surface area (TPSA) is 73.7 Å². The van der Waals surface area contributed by atoms with Crippen molar-refractivity contribution in [3.8, 4) is 0 Å². The average Bonchev–Trinajstić information content (AvgIpc) is 3.27. The standard InChI is InChI=1S/C15H23N5S4/c1-11(21-9-13-3-5-23-19-13)7-17-15(16)18-8-12(2)22-10-14-4-6-24-20-14/h3-6,11-12H,7-10H2,1-2H3,(H3,16,17,18). The van der Waals surface area contributed by atoms with Crippen LogP contribution >= 0.6 is 46.6 Å². The fourth-order valence-electron chi connectivity index (χ4n) is 1.75. The lowest BCUT2D eigenvalue weighted by Crippen LogP contribution is -2.41. The molecule has 0 aliphatic rings. The van der Waals surface area contributed by atoms with Crippen molar-refractivity contribution in [2.24, 2.45) is 0 Å². The first kappa shape index (κ1) is 19.6. The molecule has 2 unspecified atom stereocenters. The molecule has 132 valence electrons. The van der Waals surface area contributed by atoms with E-state index in [0.717, 1.165) is 36.0 Å².